The number of aromatic nitrogens is 2. The van der Waals surface area contributed by atoms with Crippen molar-refractivity contribution in [2.75, 3.05) is 0 Å². The van der Waals surface area contributed by atoms with Gasteiger partial charge in [0.1, 0.15) is 12.4 Å². The molecule has 0 aliphatic heterocycles. The third-order valence-corrected chi connectivity index (χ3v) is 7.64. The van der Waals surface area contributed by atoms with Gasteiger partial charge in [-0.15, -0.1) is 0 Å². The van der Waals surface area contributed by atoms with Gasteiger partial charge in [-0.25, -0.2) is 9.13 Å². The molecule has 0 saturated carbocycles. The van der Waals surface area contributed by atoms with Crippen molar-refractivity contribution in [2.24, 2.45) is 0 Å². The second-order valence-corrected chi connectivity index (χ2v) is 10.7. The van der Waals surface area contributed by atoms with Crippen molar-refractivity contribution in [3.8, 4) is 0 Å². The van der Waals surface area contributed by atoms with Gasteiger partial charge in [-0.2, -0.15) is 0 Å². The fraction of sp³-hybridized carbons (Fsp3) is 0.727. The van der Waals surface area contributed by atoms with Crippen LogP contribution in [0.15, 0.2) is 42.7 Å². The van der Waals surface area contributed by atoms with E-state index in [4.69, 9.17) is 0 Å². The molecule has 0 N–H and O–H groups in total. The first-order valence-corrected chi connectivity index (χ1v) is 15.5. The van der Waals surface area contributed by atoms with E-state index < -0.39 is 0 Å². The first-order chi connectivity index (χ1) is 17.3. The average molecular weight is 482 g/mol. The van der Waals surface area contributed by atoms with Gasteiger partial charge >= 0.3 is 0 Å². The molecule has 0 unspecified atom stereocenters. The predicted octanol–water partition coefficient (Wildman–Crippen LogP) is 9.62. The van der Waals surface area contributed by atoms with E-state index in [2.05, 4.69) is 65.7 Å². The second kappa shape index (κ2) is 20.6. The molecular formula is C33H57N2+. The van der Waals surface area contributed by atoms with E-state index >= 15 is 0 Å². The molecule has 0 bridgehead atoms. The molecule has 2 nitrogen and oxygen atoms in total. The van der Waals surface area contributed by atoms with Crippen molar-refractivity contribution in [3.63, 3.8) is 0 Å². The van der Waals surface area contributed by atoms with Crippen molar-refractivity contribution >= 4 is 0 Å². The van der Waals surface area contributed by atoms with Gasteiger partial charge in [0, 0.05) is 6.42 Å². The normalized spacial score (nSPS) is 11.4. The highest BCUT2D eigenvalue weighted by Crippen LogP contribution is 2.14. The maximum Gasteiger partial charge on any atom is 0.256 e. The standard InChI is InChI=1S/C33H57N2/c1-3-5-6-7-8-9-10-11-12-13-14-15-16-17-18-19-23-28-33-34(4-2)30-31-35(33)29-24-27-32-25-21-20-22-26-32/h20-22,25-26,30-31H,3-19,23-24,27-29H2,1-2H3/q+1. The molecule has 0 fully saturated rings. The van der Waals surface area contributed by atoms with Gasteiger partial charge in [0.05, 0.1) is 13.1 Å². The number of hydrogen-bond acceptors (Lipinski definition) is 0. The maximum atomic E-state index is 2.51. The molecule has 2 rings (SSSR count). The zero-order valence-corrected chi connectivity index (χ0v) is 23.5. The largest absolute Gasteiger partial charge is 0.256 e. The van der Waals surface area contributed by atoms with Crippen LogP contribution in [-0.4, -0.2) is 4.57 Å². The fourth-order valence-corrected chi connectivity index (χ4v) is 5.38. The Morgan fingerprint density at radius 2 is 1.09 bits per heavy atom. The summed E-state index contributed by atoms with van der Waals surface area (Å²) in [4.78, 5) is 0. The van der Waals surface area contributed by atoms with Crippen molar-refractivity contribution < 1.29 is 4.57 Å². The van der Waals surface area contributed by atoms with E-state index in [-0.39, 0.29) is 0 Å². The summed E-state index contributed by atoms with van der Waals surface area (Å²) in [5.41, 5.74) is 1.46. The van der Waals surface area contributed by atoms with Gasteiger partial charge < -0.3 is 0 Å². The van der Waals surface area contributed by atoms with Crippen LogP contribution in [0.4, 0.5) is 0 Å². The summed E-state index contributed by atoms with van der Waals surface area (Å²) in [5, 5.41) is 0. The Kier molecular flexibility index (Phi) is 17.5. The van der Waals surface area contributed by atoms with E-state index in [1.54, 1.807) is 0 Å². The Labute approximate surface area is 218 Å². The number of benzene rings is 1. The van der Waals surface area contributed by atoms with Crippen LogP contribution in [-0.2, 0) is 25.9 Å². The highest BCUT2D eigenvalue weighted by Gasteiger charge is 2.15. The number of imidazole rings is 1. The monoisotopic (exact) mass is 481 g/mol. The lowest BCUT2D eigenvalue weighted by Crippen LogP contribution is -2.37. The molecule has 35 heavy (non-hydrogen) atoms. The first-order valence-electron chi connectivity index (χ1n) is 15.5. The number of hydrogen-bond donors (Lipinski definition) is 0. The first kappa shape index (κ1) is 29.7. The van der Waals surface area contributed by atoms with E-state index in [0.717, 1.165) is 13.1 Å². The Hall–Kier alpha value is -1.57. The number of rotatable bonds is 23. The number of nitrogens with zero attached hydrogens (tertiary/aromatic N) is 2. The molecule has 0 saturated heterocycles. The third-order valence-electron chi connectivity index (χ3n) is 7.64. The van der Waals surface area contributed by atoms with Crippen LogP contribution >= 0.6 is 0 Å². The number of unbranched alkanes of at least 4 members (excludes halogenated alkanes) is 16. The van der Waals surface area contributed by atoms with E-state index in [0.29, 0.717) is 0 Å². The zero-order valence-electron chi connectivity index (χ0n) is 23.5. The summed E-state index contributed by atoms with van der Waals surface area (Å²) in [6.07, 6.45) is 32.7. The molecule has 0 spiro atoms. The molecule has 0 amide bonds. The summed E-state index contributed by atoms with van der Waals surface area (Å²) < 4.78 is 4.97. The molecule has 1 aromatic carbocycles. The van der Waals surface area contributed by atoms with E-state index in [1.807, 2.05) is 0 Å². The molecule has 0 aliphatic carbocycles. The minimum atomic E-state index is 1.08. The summed E-state index contributed by atoms with van der Waals surface area (Å²) in [6, 6.07) is 10.9. The van der Waals surface area contributed by atoms with E-state index in [1.165, 1.54) is 140 Å². The summed E-state index contributed by atoms with van der Waals surface area (Å²) in [7, 11) is 0. The number of aryl methyl sites for hydroxylation is 3. The Morgan fingerprint density at radius 1 is 0.571 bits per heavy atom. The van der Waals surface area contributed by atoms with Crippen LogP contribution in [0.25, 0.3) is 0 Å². The third kappa shape index (κ3) is 13.9. The molecule has 1 aromatic heterocycles. The maximum absolute atomic E-state index is 2.51. The molecule has 0 aliphatic rings. The van der Waals surface area contributed by atoms with Crippen molar-refractivity contribution in [2.45, 2.75) is 155 Å². The molecular weight excluding hydrogens is 424 g/mol. The Morgan fingerprint density at radius 3 is 1.60 bits per heavy atom. The summed E-state index contributed by atoms with van der Waals surface area (Å²) in [6.45, 7) is 6.79. The van der Waals surface area contributed by atoms with Gasteiger partial charge in [-0.05, 0) is 31.7 Å². The second-order valence-electron chi connectivity index (χ2n) is 10.7. The molecule has 0 atom stereocenters. The zero-order chi connectivity index (χ0) is 24.8. The lowest BCUT2D eigenvalue weighted by atomic mass is 10.0. The lowest BCUT2D eigenvalue weighted by Gasteiger charge is -2.06. The SMILES string of the molecule is CCCCCCCCCCCCCCCCCCCc1n(CC)cc[n+]1CCCc1ccccc1. The predicted molar refractivity (Wildman–Crippen MR) is 153 cm³/mol. The average Bonchev–Trinajstić information content (AvgIpc) is 3.28. The van der Waals surface area contributed by atoms with Crippen LogP contribution in [0.3, 0.4) is 0 Å². The van der Waals surface area contributed by atoms with Crippen molar-refractivity contribution in [3.05, 3.63) is 54.1 Å². The van der Waals surface area contributed by atoms with Crippen LogP contribution in [0.5, 0.6) is 0 Å². The minimum Gasteiger partial charge on any atom is -0.235 e. The smallest absolute Gasteiger partial charge is 0.235 e. The van der Waals surface area contributed by atoms with Gasteiger partial charge in [0.2, 0.25) is 0 Å². The topological polar surface area (TPSA) is 8.81 Å². The molecule has 1 heterocycles. The highest BCUT2D eigenvalue weighted by molar-refractivity contribution is 5.14. The van der Waals surface area contributed by atoms with Crippen molar-refractivity contribution in [1.82, 2.24) is 4.57 Å². The van der Waals surface area contributed by atoms with Gasteiger partial charge in [-0.3, -0.25) is 0 Å². The Balaban J connectivity index is 1.44. The van der Waals surface area contributed by atoms with Gasteiger partial charge in [0.25, 0.3) is 5.82 Å². The summed E-state index contributed by atoms with van der Waals surface area (Å²) >= 11 is 0. The molecule has 0 radical (unpaired) electrons. The van der Waals surface area contributed by atoms with E-state index in [9.17, 15) is 0 Å². The molecule has 198 valence electrons. The van der Waals surface area contributed by atoms with Crippen LogP contribution in [0.2, 0.25) is 0 Å². The van der Waals surface area contributed by atoms with Gasteiger partial charge in [0.15, 0.2) is 0 Å². The van der Waals surface area contributed by atoms with Crippen LogP contribution in [0.1, 0.15) is 141 Å². The van der Waals surface area contributed by atoms with Crippen LogP contribution in [0, 0.1) is 0 Å². The quantitative estimate of drug-likeness (QED) is 0.110. The van der Waals surface area contributed by atoms with Crippen LogP contribution < -0.4 is 4.57 Å². The molecule has 2 heteroatoms. The highest BCUT2D eigenvalue weighted by atomic mass is 15.1. The van der Waals surface area contributed by atoms with Gasteiger partial charge in [-0.1, -0.05) is 140 Å². The summed E-state index contributed by atoms with van der Waals surface area (Å²) in [5.74, 6) is 1.53. The van der Waals surface area contributed by atoms with Crippen molar-refractivity contribution in [1.29, 1.82) is 0 Å². The fourth-order valence-electron chi connectivity index (χ4n) is 5.38. The lowest BCUT2D eigenvalue weighted by molar-refractivity contribution is -0.704. The minimum absolute atomic E-state index is 1.08. The molecule has 2 aromatic rings. The Bertz CT molecular complexity index is 718.